The van der Waals surface area contributed by atoms with E-state index >= 15 is 0 Å². The van der Waals surface area contributed by atoms with E-state index in [0.29, 0.717) is 5.56 Å². The molecular weight excluding hydrogens is 182 g/mol. The van der Waals surface area contributed by atoms with Gasteiger partial charge in [-0.15, -0.1) is 11.3 Å². The first kappa shape index (κ1) is 8.02. The highest BCUT2D eigenvalue weighted by Crippen LogP contribution is 2.27. The summed E-state index contributed by atoms with van der Waals surface area (Å²) in [6, 6.07) is 6.10. The molecule has 0 amide bonds. The average molecular weight is 189 g/mol. The van der Waals surface area contributed by atoms with E-state index in [1.54, 1.807) is 17.5 Å². The number of rotatable bonds is 1. The van der Waals surface area contributed by atoms with E-state index in [1.807, 2.05) is 19.1 Å². The first-order valence-electron chi connectivity index (χ1n) is 3.82. The Hall–Kier alpha value is -1.60. The van der Waals surface area contributed by atoms with Crippen molar-refractivity contribution in [3.05, 3.63) is 28.8 Å². The Morgan fingerprint density at radius 1 is 1.54 bits per heavy atom. The Bertz CT molecular complexity index is 461. The molecule has 3 nitrogen and oxygen atoms in total. The minimum absolute atomic E-state index is 0.599. The Labute approximate surface area is 79.6 Å². The van der Waals surface area contributed by atoms with Gasteiger partial charge in [0.2, 0.25) is 0 Å². The number of hydrogen-bond donors (Lipinski definition) is 1. The molecule has 2 heterocycles. The van der Waals surface area contributed by atoms with Crippen LogP contribution in [0.5, 0.6) is 0 Å². The predicted molar refractivity (Wildman–Crippen MR) is 51.4 cm³/mol. The van der Waals surface area contributed by atoms with E-state index in [9.17, 15) is 0 Å². The number of thiophene rings is 1. The minimum Gasteiger partial charge on any atom is -0.284 e. The molecule has 13 heavy (non-hydrogen) atoms. The summed E-state index contributed by atoms with van der Waals surface area (Å²) in [7, 11) is 0. The van der Waals surface area contributed by atoms with Crippen LogP contribution in [0.4, 0.5) is 0 Å². The van der Waals surface area contributed by atoms with Crippen LogP contribution in [0, 0.1) is 18.3 Å². The van der Waals surface area contributed by atoms with Crippen molar-refractivity contribution < 1.29 is 0 Å². The van der Waals surface area contributed by atoms with Crippen LogP contribution in [-0.4, -0.2) is 10.2 Å². The Kier molecular flexibility index (Phi) is 1.87. The monoisotopic (exact) mass is 189 g/mol. The number of aryl methyl sites for hydroxylation is 1. The molecule has 2 aromatic rings. The molecule has 0 fully saturated rings. The third-order valence-electron chi connectivity index (χ3n) is 1.73. The molecule has 0 unspecified atom stereocenters. The largest absolute Gasteiger partial charge is 0.284 e. The van der Waals surface area contributed by atoms with Gasteiger partial charge in [0.15, 0.2) is 0 Å². The van der Waals surface area contributed by atoms with Crippen molar-refractivity contribution >= 4 is 11.3 Å². The molecule has 0 saturated heterocycles. The molecule has 0 aromatic carbocycles. The second-order valence-electron chi connectivity index (χ2n) is 2.67. The second-order valence-corrected chi connectivity index (χ2v) is 3.96. The summed E-state index contributed by atoms with van der Waals surface area (Å²) in [6.45, 7) is 2.03. The van der Waals surface area contributed by atoms with Gasteiger partial charge in [0.1, 0.15) is 11.8 Å². The van der Waals surface area contributed by atoms with Crippen LogP contribution in [0.2, 0.25) is 0 Å². The van der Waals surface area contributed by atoms with Gasteiger partial charge in [-0.05, 0) is 19.1 Å². The van der Waals surface area contributed by atoms with Crippen molar-refractivity contribution in [2.45, 2.75) is 6.92 Å². The third-order valence-corrected chi connectivity index (χ3v) is 2.74. The van der Waals surface area contributed by atoms with Crippen LogP contribution in [0.1, 0.15) is 10.4 Å². The van der Waals surface area contributed by atoms with Gasteiger partial charge in [-0.25, -0.2) is 0 Å². The van der Waals surface area contributed by atoms with Gasteiger partial charge in [-0.3, -0.25) is 5.10 Å². The van der Waals surface area contributed by atoms with E-state index in [0.717, 1.165) is 10.6 Å². The number of aromatic nitrogens is 2. The van der Waals surface area contributed by atoms with Gasteiger partial charge in [0.05, 0.1) is 10.4 Å². The first-order chi connectivity index (χ1) is 6.31. The summed E-state index contributed by atoms with van der Waals surface area (Å²) in [5, 5.41) is 15.5. The summed E-state index contributed by atoms with van der Waals surface area (Å²) < 4.78 is 0. The maximum Gasteiger partial charge on any atom is 0.120 e. The van der Waals surface area contributed by atoms with Crippen LogP contribution in [0.25, 0.3) is 10.6 Å². The fourth-order valence-electron chi connectivity index (χ4n) is 1.12. The van der Waals surface area contributed by atoms with Crippen LogP contribution < -0.4 is 0 Å². The molecule has 64 valence electrons. The minimum atomic E-state index is 0.599. The average Bonchev–Trinajstić information content (AvgIpc) is 2.71. The van der Waals surface area contributed by atoms with Crippen molar-refractivity contribution in [1.29, 1.82) is 5.26 Å². The maximum absolute atomic E-state index is 8.77. The highest BCUT2D eigenvalue weighted by Gasteiger charge is 2.08. The van der Waals surface area contributed by atoms with Crippen molar-refractivity contribution in [3.8, 4) is 16.6 Å². The molecule has 0 saturated carbocycles. The van der Waals surface area contributed by atoms with Gasteiger partial charge in [-0.2, -0.15) is 10.4 Å². The summed E-state index contributed by atoms with van der Waals surface area (Å²) >= 11 is 1.64. The number of nitrogens with one attached hydrogen (secondary N) is 1. The van der Waals surface area contributed by atoms with E-state index in [4.69, 9.17) is 5.26 Å². The van der Waals surface area contributed by atoms with Crippen molar-refractivity contribution in [2.75, 3.05) is 0 Å². The van der Waals surface area contributed by atoms with E-state index in [1.165, 1.54) is 4.88 Å². The molecule has 0 radical (unpaired) electrons. The number of nitriles is 1. The predicted octanol–water partition coefficient (Wildman–Crippen LogP) is 2.32. The maximum atomic E-state index is 8.77. The number of H-pyrrole nitrogens is 1. The SMILES string of the molecule is Cc1ccc(-c2n[nH]cc2C#N)s1. The molecule has 0 aliphatic carbocycles. The Balaban J connectivity index is 2.53. The standard InChI is InChI=1S/C9H7N3S/c1-6-2-3-8(13-6)9-7(4-10)5-11-12-9/h2-3,5H,1H3,(H,11,12). The van der Waals surface area contributed by atoms with E-state index in [-0.39, 0.29) is 0 Å². The van der Waals surface area contributed by atoms with Crippen LogP contribution in [0.3, 0.4) is 0 Å². The van der Waals surface area contributed by atoms with Gasteiger partial charge < -0.3 is 0 Å². The molecule has 2 rings (SSSR count). The zero-order chi connectivity index (χ0) is 9.26. The molecule has 2 aromatic heterocycles. The summed E-state index contributed by atoms with van der Waals surface area (Å²) in [6.07, 6.45) is 1.62. The lowest BCUT2D eigenvalue weighted by atomic mass is 10.2. The van der Waals surface area contributed by atoms with Crippen LogP contribution in [0.15, 0.2) is 18.3 Å². The summed E-state index contributed by atoms with van der Waals surface area (Å²) in [4.78, 5) is 2.26. The van der Waals surface area contributed by atoms with Gasteiger partial charge >= 0.3 is 0 Å². The number of aromatic amines is 1. The third kappa shape index (κ3) is 1.34. The van der Waals surface area contributed by atoms with Crippen molar-refractivity contribution in [2.24, 2.45) is 0 Å². The lowest BCUT2D eigenvalue weighted by Crippen LogP contribution is -1.75. The summed E-state index contributed by atoms with van der Waals surface area (Å²) in [5.41, 5.74) is 1.35. The molecule has 0 spiro atoms. The van der Waals surface area contributed by atoms with Gasteiger partial charge in [0, 0.05) is 11.1 Å². The lowest BCUT2D eigenvalue weighted by molar-refractivity contribution is 1.10. The normalized spacial score (nSPS) is 9.85. The lowest BCUT2D eigenvalue weighted by Gasteiger charge is -1.88. The van der Waals surface area contributed by atoms with E-state index in [2.05, 4.69) is 16.3 Å². The molecular formula is C9H7N3S. The number of hydrogen-bond acceptors (Lipinski definition) is 3. The highest BCUT2D eigenvalue weighted by atomic mass is 32.1. The molecule has 0 aliphatic rings. The molecule has 1 N–H and O–H groups in total. The fraction of sp³-hybridized carbons (Fsp3) is 0.111. The smallest absolute Gasteiger partial charge is 0.120 e. The molecule has 4 heteroatoms. The fourth-order valence-corrected chi connectivity index (χ4v) is 2.00. The molecule has 0 aliphatic heterocycles. The Morgan fingerprint density at radius 3 is 3.00 bits per heavy atom. The topological polar surface area (TPSA) is 52.5 Å². The zero-order valence-corrected chi connectivity index (χ0v) is 7.85. The van der Waals surface area contributed by atoms with Crippen LogP contribution >= 0.6 is 11.3 Å². The van der Waals surface area contributed by atoms with Gasteiger partial charge in [-0.1, -0.05) is 0 Å². The summed E-state index contributed by atoms with van der Waals surface area (Å²) in [5.74, 6) is 0. The quantitative estimate of drug-likeness (QED) is 0.748. The van der Waals surface area contributed by atoms with Gasteiger partial charge in [0.25, 0.3) is 0 Å². The molecule has 0 atom stereocenters. The Morgan fingerprint density at radius 2 is 2.38 bits per heavy atom. The highest BCUT2D eigenvalue weighted by molar-refractivity contribution is 7.15. The second kappa shape index (κ2) is 3.04. The molecule has 0 bridgehead atoms. The number of nitrogens with zero attached hydrogens (tertiary/aromatic N) is 2. The van der Waals surface area contributed by atoms with Crippen molar-refractivity contribution in [1.82, 2.24) is 10.2 Å². The van der Waals surface area contributed by atoms with Crippen LogP contribution in [-0.2, 0) is 0 Å². The zero-order valence-electron chi connectivity index (χ0n) is 7.03. The first-order valence-corrected chi connectivity index (χ1v) is 4.63. The van der Waals surface area contributed by atoms with E-state index < -0.39 is 0 Å². The van der Waals surface area contributed by atoms with Crippen molar-refractivity contribution in [3.63, 3.8) is 0 Å².